The maximum absolute atomic E-state index is 12.2. The molecule has 130 valence electrons. The van der Waals surface area contributed by atoms with Crippen LogP contribution in [0.2, 0.25) is 0 Å². The first-order chi connectivity index (χ1) is 12.0. The van der Waals surface area contributed by atoms with Crippen molar-refractivity contribution in [1.29, 1.82) is 0 Å². The van der Waals surface area contributed by atoms with Crippen molar-refractivity contribution in [2.45, 2.75) is 19.9 Å². The van der Waals surface area contributed by atoms with Crippen LogP contribution in [0.25, 0.3) is 0 Å². The van der Waals surface area contributed by atoms with Gasteiger partial charge in [0.25, 0.3) is 11.8 Å². The van der Waals surface area contributed by atoms with Crippen molar-refractivity contribution in [3.05, 3.63) is 59.7 Å². The molecule has 0 saturated heterocycles. The fourth-order valence-electron chi connectivity index (χ4n) is 2.17. The second-order valence-corrected chi connectivity index (χ2v) is 5.67. The van der Waals surface area contributed by atoms with E-state index in [1.165, 1.54) is 0 Å². The Morgan fingerprint density at radius 2 is 1.76 bits per heavy atom. The van der Waals surface area contributed by atoms with Gasteiger partial charge in [0, 0.05) is 6.04 Å². The lowest BCUT2D eigenvalue weighted by Crippen LogP contribution is -2.31. The summed E-state index contributed by atoms with van der Waals surface area (Å²) in [6.45, 7) is 3.44. The number of aldehydes is 1. The summed E-state index contributed by atoms with van der Waals surface area (Å²) in [6, 6.07) is 13.4. The molecular formula is C19H20N2O4. The molecule has 6 nitrogen and oxygen atoms in total. The molecule has 0 saturated carbocycles. The van der Waals surface area contributed by atoms with Crippen molar-refractivity contribution in [1.82, 2.24) is 5.32 Å². The summed E-state index contributed by atoms with van der Waals surface area (Å²) in [5.41, 5.74) is 1.14. The predicted molar refractivity (Wildman–Crippen MR) is 95.0 cm³/mol. The fourth-order valence-corrected chi connectivity index (χ4v) is 2.17. The molecule has 2 N–H and O–H groups in total. The number of nitrogens with one attached hydrogen (secondary N) is 2. The number of amides is 2. The lowest BCUT2D eigenvalue weighted by molar-refractivity contribution is -0.118. The Morgan fingerprint density at radius 1 is 1.08 bits per heavy atom. The number of benzene rings is 2. The molecule has 2 aromatic carbocycles. The molecule has 0 heterocycles. The number of para-hydroxylation sites is 2. The second-order valence-electron chi connectivity index (χ2n) is 5.67. The van der Waals surface area contributed by atoms with Crippen LogP contribution < -0.4 is 15.4 Å². The van der Waals surface area contributed by atoms with Crippen LogP contribution in [0.1, 0.15) is 34.6 Å². The minimum absolute atomic E-state index is 0.0144. The quantitative estimate of drug-likeness (QED) is 0.759. The van der Waals surface area contributed by atoms with E-state index in [4.69, 9.17) is 4.74 Å². The van der Waals surface area contributed by atoms with Gasteiger partial charge in [-0.2, -0.15) is 0 Å². The topological polar surface area (TPSA) is 84.5 Å². The van der Waals surface area contributed by atoms with Gasteiger partial charge in [-0.1, -0.05) is 24.3 Å². The molecule has 2 aromatic rings. The number of ether oxygens (including phenoxy) is 1. The van der Waals surface area contributed by atoms with Gasteiger partial charge in [-0.3, -0.25) is 14.4 Å². The Hall–Kier alpha value is -3.15. The molecule has 0 spiro atoms. The summed E-state index contributed by atoms with van der Waals surface area (Å²) in [7, 11) is 0. The zero-order chi connectivity index (χ0) is 18.2. The normalized spacial score (nSPS) is 10.2. The number of carbonyl (C=O) groups is 3. The summed E-state index contributed by atoms with van der Waals surface area (Å²) in [6.07, 6.45) is 0.665. The van der Waals surface area contributed by atoms with Crippen molar-refractivity contribution in [3.63, 3.8) is 0 Å². The molecule has 0 atom stereocenters. The average Bonchev–Trinajstić information content (AvgIpc) is 2.60. The molecule has 2 rings (SSSR count). The van der Waals surface area contributed by atoms with E-state index in [2.05, 4.69) is 10.6 Å². The van der Waals surface area contributed by atoms with Crippen LogP contribution in [0.4, 0.5) is 5.69 Å². The van der Waals surface area contributed by atoms with Crippen molar-refractivity contribution >= 4 is 23.8 Å². The average molecular weight is 340 g/mol. The van der Waals surface area contributed by atoms with Gasteiger partial charge in [-0.15, -0.1) is 0 Å². The highest BCUT2D eigenvalue weighted by atomic mass is 16.5. The Bertz CT molecular complexity index is 772. The minimum Gasteiger partial charge on any atom is -0.483 e. The molecule has 25 heavy (non-hydrogen) atoms. The lowest BCUT2D eigenvalue weighted by Gasteiger charge is -2.13. The zero-order valence-electron chi connectivity index (χ0n) is 14.1. The maximum atomic E-state index is 12.2. The molecular weight excluding hydrogens is 320 g/mol. The van der Waals surface area contributed by atoms with Crippen LogP contribution in [0, 0.1) is 0 Å². The highest BCUT2D eigenvalue weighted by molar-refractivity contribution is 6.04. The van der Waals surface area contributed by atoms with Gasteiger partial charge in [0.1, 0.15) is 5.75 Å². The molecule has 0 aliphatic heterocycles. The SMILES string of the molecule is CC(C)NC(=O)c1ccccc1NC(=O)COc1ccccc1C=O. The molecule has 0 aliphatic rings. The number of anilines is 1. The molecule has 0 bridgehead atoms. The molecule has 0 radical (unpaired) electrons. The van der Waals surface area contributed by atoms with E-state index in [0.717, 1.165) is 0 Å². The standard InChI is InChI=1S/C19H20N2O4/c1-13(2)20-19(24)15-8-4-5-9-16(15)21-18(23)12-25-17-10-6-3-7-14(17)11-22/h3-11,13H,12H2,1-2H3,(H,20,24)(H,21,23). The number of rotatable bonds is 7. The number of carbonyl (C=O) groups excluding carboxylic acids is 3. The van der Waals surface area contributed by atoms with Crippen molar-refractivity contribution in [3.8, 4) is 5.75 Å². The molecule has 0 aromatic heterocycles. The molecule has 0 fully saturated rings. The van der Waals surface area contributed by atoms with Gasteiger partial charge in [0.15, 0.2) is 12.9 Å². The number of hydrogen-bond acceptors (Lipinski definition) is 4. The first-order valence-electron chi connectivity index (χ1n) is 7.88. The largest absolute Gasteiger partial charge is 0.483 e. The summed E-state index contributed by atoms with van der Waals surface area (Å²) in [4.78, 5) is 35.3. The van der Waals surface area contributed by atoms with E-state index in [0.29, 0.717) is 28.8 Å². The van der Waals surface area contributed by atoms with Crippen molar-refractivity contribution in [2.24, 2.45) is 0 Å². The first kappa shape index (κ1) is 18.2. The maximum Gasteiger partial charge on any atom is 0.262 e. The van der Waals surface area contributed by atoms with E-state index in [9.17, 15) is 14.4 Å². The first-order valence-corrected chi connectivity index (χ1v) is 7.88. The summed E-state index contributed by atoms with van der Waals surface area (Å²) >= 11 is 0. The third-order valence-corrected chi connectivity index (χ3v) is 3.27. The van der Waals surface area contributed by atoms with Crippen LogP contribution in [0.15, 0.2) is 48.5 Å². The minimum atomic E-state index is -0.425. The van der Waals surface area contributed by atoms with Gasteiger partial charge >= 0.3 is 0 Å². The summed E-state index contributed by atoms with van der Waals surface area (Å²) in [5, 5.41) is 5.44. The Labute approximate surface area is 146 Å². The third kappa shape index (κ3) is 5.17. The Morgan fingerprint density at radius 3 is 2.48 bits per heavy atom. The highest BCUT2D eigenvalue weighted by Crippen LogP contribution is 2.17. The monoisotopic (exact) mass is 340 g/mol. The van der Waals surface area contributed by atoms with Crippen molar-refractivity contribution in [2.75, 3.05) is 11.9 Å². The van der Waals surface area contributed by atoms with Crippen molar-refractivity contribution < 1.29 is 19.1 Å². The van der Waals surface area contributed by atoms with E-state index >= 15 is 0 Å². The van der Waals surface area contributed by atoms with Gasteiger partial charge in [0.2, 0.25) is 0 Å². The molecule has 0 aliphatic carbocycles. The molecule has 6 heteroatoms. The van der Waals surface area contributed by atoms with Crippen LogP contribution >= 0.6 is 0 Å². The van der Waals surface area contributed by atoms with Gasteiger partial charge in [-0.25, -0.2) is 0 Å². The lowest BCUT2D eigenvalue weighted by atomic mass is 10.1. The van der Waals surface area contributed by atoms with Crippen LogP contribution in [0.3, 0.4) is 0 Å². The van der Waals surface area contributed by atoms with Crippen LogP contribution in [-0.2, 0) is 4.79 Å². The van der Waals surface area contributed by atoms with E-state index in [1.807, 2.05) is 13.8 Å². The van der Waals surface area contributed by atoms with Crippen LogP contribution in [0.5, 0.6) is 5.75 Å². The summed E-state index contributed by atoms with van der Waals surface area (Å²) in [5.74, 6) is -0.359. The molecule has 2 amide bonds. The third-order valence-electron chi connectivity index (χ3n) is 3.27. The highest BCUT2D eigenvalue weighted by Gasteiger charge is 2.14. The fraction of sp³-hybridized carbons (Fsp3) is 0.211. The van der Waals surface area contributed by atoms with E-state index in [1.54, 1.807) is 48.5 Å². The zero-order valence-corrected chi connectivity index (χ0v) is 14.1. The molecule has 0 unspecified atom stereocenters. The van der Waals surface area contributed by atoms with Crippen LogP contribution in [-0.4, -0.2) is 30.7 Å². The van der Waals surface area contributed by atoms with E-state index < -0.39 is 5.91 Å². The smallest absolute Gasteiger partial charge is 0.262 e. The van der Waals surface area contributed by atoms with E-state index in [-0.39, 0.29) is 18.6 Å². The predicted octanol–water partition coefficient (Wildman–Crippen LogP) is 2.65. The van der Waals surface area contributed by atoms with Gasteiger partial charge in [0.05, 0.1) is 16.8 Å². The Balaban J connectivity index is 2.03. The second kappa shape index (κ2) is 8.63. The summed E-state index contributed by atoms with van der Waals surface area (Å²) < 4.78 is 5.38. The Kier molecular flexibility index (Phi) is 6.28. The van der Waals surface area contributed by atoms with Gasteiger partial charge < -0.3 is 15.4 Å². The number of hydrogen-bond donors (Lipinski definition) is 2. The van der Waals surface area contributed by atoms with Gasteiger partial charge in [-0.05, 0) is 38.1 Å².